The summed E-state index contributed by atoms with van der Waals surface area (Å²) in [6, 6.07) is 10.1. The summed E-state index contributed by atoms with van der Waals surface area (Å²) in [6.07, 6.45) is 3.58. The fourth-order valence-corrected chi connectivity index (χ4v) is 2.41. The molecule has 0 aliphatic heterocycles. The predicted molar refractivity (Wildman–Crippen MR) is 82.3 cm³/mol. The molecule has 2 aromatic heterocycles. The zero-order chi connectivity index (χ0) is 13.9. The third kappa shape index (κ3) is 2.54. The molecule has 0 spiro atoms. The number of aryl methyl sites for hydroxylation is 1. The van der Waals surface area contributed by atoms with Crippen molar-refractivity contribution in [3.63, 3.8) is 0 Å². The molecule has 0 radical (unpaired) electrons. The summed E-state index contributed by atoms with van der Waals surface area (Å²) < 4.78 is 7.69. The maximum atomic E-state index is 5.87. The minimum absolute atomic E-state index is 0.622. The van der Waals surface area contributed by atoms with Gasteiger partial charge in [0, 0.05) is 22.8 Å². The molecule has 0 fully saturated rings. The summed E-state index contributed by atoms with van der Waals surface area (Å²) in [5, 5.41) is 6.01. The van der Waals surface area contributed by atoms with E-state index < -0.39 is 0 Å². The largest absolute Gasteiger partial charge is 0.435 e. The van der Waals surface area contributed by atoms with Gasteiger partial charge in [-0.3, -0.25) is 4.68 Å². The van der Waals surface area contributed by atoms with Gasteiger partial charge in [0.05, 0.1) is 17.9 Å². The van der Waals surface area contributed by atoms with Crippen LogP contribution >= 0.6 is 15.9 Å². The predicted octanol–water partition coefficient (Wildman–Crippen LogP) is 4.14. The molecule has 102 valence electrons. The monoisotopic (exact) mass is 331 g/mol. The maximum Gasteiger partial charge on any atom is 0.224 e. The standard InChI is InChI=1S/C15H14BrN3O/c1-2-19-10-13(9-17-19)20-15-12(8-16)7-11-5-3-4-6-14(11)18-15/h3-7,9-10H,2,8H2,1H3. The number of rotatable bonds is 4. The topological polar surface area (TPSA) is 39.9 Å². The van der Waals surface area contributed by atoms with E-state index >= 15 is 0 Å². The van der Waals surface area contributed by atoms with Crippen LogP contribution in [-0.4, -0.2) is 14.8 Å². The van der Waals surface area contributed by atoms with Crippen LogP contribution in [0.4, 0.5) is 0 Å². The first-order chi connectivity index (χ1) is 9.80. The highest BCUT2D eigenvalue weighted by Gasteiger charge is 2.09. The second kappa shape index (κ2) is 5.63. The van der Waals surface area contributed by atoms with Gasteiger partial charge in [-0.15, -0.1) is 0 Å². The Morgan fingerprint density at radius 2 is 2.15 bits per heavy atom. The van der Waals surface area contributed by atoms with Crippen LogP contribution in [0.25, 0.3) is 10.9 Å². The third-order valence-corrected chi connectivity index (χ3v) is 3.66. The number of benzene rings is 1. The minimum atomic E-state index is 0.622. The molecule has 0 aliphatic rings. The van der Waals surface area contributed by atoms with Crippen LogP contribution in [0.3, 0.4) is 0 Å². The highest BCUT2D eigenvalue weighted by molar-refractivity contribution is 9.08. The lowest BCUT2D eigenvalue weighted by atomic mass is 10.2. The van der Waals surface area contributed by atoms with Crippen LogP contribution in [0, 0.1) is 0 Å². The normalized spacial score (nSPS) is 10.9. The van der Waals surface area contributed by atoms with Crippen LogP contribution < -0.4 is 4.74 Å². The van der Waals surface area contributed by atoms with Gasteiger partial charge in [-0.1, -0.05) is 34.1 Å². The molecule has 0 saturated carbocycles. The first-order valence-electron chi connectivity index (χ1n) is 6.45. The Morgan fingerprint density at radius 3 is 2.90 bits per heavy atom. The van der Waals surface area contributed by atoms with E-state index in [1.165, 1.54) is 0 Å². The van der Waals surface area contributed by atoms with Gasteiger partial charge in [0.15, 0.2) is 5.75 Å². The van der Waals surface area contributed by atoms with E-state index in [4.69, 9.17) is 4.74 Å². The fraction of sp³-hybridized carbons (Fsp3) is 0.200. The Hall–Kier alpha value is -1.88. The molecule has 0 atom stereocenters. The van der Waals surface area contributed by atoms with Crippen molar-refractivity contribution in [2.75, 3.05) is 0 Å². The van der Waals surface area contributed by atoms with Crippen molar-refractivity contribution >= 4 is 26.8 Å². The molecule has 0 amide bonds. The van der Waals surface area contributed by atoms with Crippen LogP contribution in [0.5, 0.6) is 11.6 Å². The Morgan fingerprint density at radius 1 is 1.30 bits per heavy atom. The van der Waals surface area contributed by atoms with Crippen molar-refractivity contribution < 1.29 is 4.74 Å². The summed E-state index contributed by atoms with van der Waals surface area (Å²) in [5.41, 5.74) is 1.95. The number of hydrogen-bond acceptors (Lipinski definition) is 3. The van der Waals surface area contributed by atoms with E-state index in [1.54, 1.807) is 6.20 Å². The molecule has 0 bridgehead atoms. The van der Waals surface area contributed by atoms with E-state index in [1.807, 2.05) is 42.1 Å². The van der Waals surface area contributed by atoms with E-state index in [0.29, 0.717) is 17.0 Å². The molecule has 3 rings (SSSR count). The molecule has 0 saturated heterocycles. The highest BCUT2D eigenvalue weighted by atomic mass is 79.9. The Balaban J connectivity index is 2.00. The molecular formula is C15H14BrN3O. The van der Waals surface area contributed by atoms with Crippen LogP contribution in [0.2, 0.25) is 0 Å². The fourth-order valence-electron chi connectivity index (χ4n) is 2.01. The van der Waals surface area contributed by atoms with Crippen molar-refractivity contribution in [2.24, 2.45) is 0 Å². The number of fused-ring (bicyclic) bond motifs is 1. The van der Waals surface area contributed by atoms with Crippen LogP contribution in [0.1, 0.15) is 12.5 Å². The summed E-state index contributed by atoms with van der Waals surface area (Å²) in [7, 11) is 0. The molecule has 4 nitrogen and oxygen atoms in total. The van der Waals surface area contributed by atoms with Crippen LogP contribution in [0.15, 0.2) is 42.7 Å². The smallest absolute Gasteiger partial charge is 0.224 e. The summed E-state index contributed by atoms with van der Waals surface area (Å²) >= 11 is 3.49. The van der Waals surface area contributed by atoms with Crippen LogP contribution in [-0.2, 0) is 11.9 Å². The van der Waals surface area contributed by atoms with Gasteiger partial charge < -0.3 is 4.74 Å². The molecule has 1 aromatic carbocycles. The van der Waals surface area contributed by atoms with Crippen molar-refractivity contribution in [2.45, 2.75) is 18.8 Å². The second-order valence-corrected chi connectivity index (χ2v) is 4.97. The van der Waals surface area contributed by atoms with E-state index in [0.717, 1.165) is 23.0 Å². The number of nitrogens with zero attached hydrogens (tertiary/aromatic N) is 3. The van der Waals surface area contributed by atoms with E-state index in [9.17, 15) is 0 Å². The average molecular weight is 332 g/mol. The first-order valence-corrected chi connectivity index (χ1v) is 7.57. The van der Waals surface area contributed by atoms with Gasteiger partial charge in [-0.05, 0) is 19.1 Å². The quantitative estimate of drug-likeness (QED) is 0.674. The van der Waals surface area contributed by atoms with Gasteiger partial charge in [-0.2, -0.15) is 5.10 Å². The van der Waals surface area contributed by atoms with Crippen molar-refractivity contribution in [3.05, 3.63) is 48.3 Å². The highest BCUT2D eigenvalue weighted by Crippen LogP contribution is 2.28. The van der Waals surface area contributed by atoms with Crippen molar-refractivity contribution in [3.8, 4) is 11.6 Å². The number of aromatic nitrogens is 3. The molecule has 3 aromatic rings. The Kier molecular flexibility index (Phi) is 3.69. The molecule has 2 heterocycles. The zero-order valence-corrected chi connectivity index (χ0v) is 12.7. The van der Waals surface area contributed by atoms with Gasteiger partial charge in [0.25, 0.3) is 0 Å². The number of hydrogen-bond donors (Lipinski definition) is 0. The molecular weight excluding hydrogens is 318 g/mol. The maximum absolute atomic E-state index is 5.87. The van der Waals surface area contributed by atoms with Gasteiger partial charge in [0.1, 0.15) is 0 Å². The van der Waals surface area contributed by atoms with Crippen molar-refractivity contribution in [1.82, 2.24) is 14.8 Å². The number of pyridine rings is 1. The van der Waals surface area contributed by atoms with Crippen molar-refractivity contribution in [1.29, 1.82) is 0 Å². The number of alkyl halides is 1. The molecule has 0 N–H and O–H groups in total. The summed E-state index contributed by atoms with van der Waals surface area (Å²) in [6.45, 7) is 2.86. The Bertz CT molecular complexity index is 739. The zero-order valence-electron chi connectivity index (χ0n) is 11.1. The third-order valence-electron chi connectivity index (χ3n) is 3.06. The lowest BCUT2D eigenvalue weighted by Crippen LogP contribution is -1.94. The number of halogens is 1. The van der Waals surface area contributed by atoms with E-state index in [-0.39, 0.29) is 0 Å². The number of ether oxygens (including phenoxy) is 1. The summed E-state index contributed by atoms with van der Waals surface area (Å²) in [5.74, 6) is 1.33. The minimum Gasteiger partial charge on any atom is -0.435 e. The van der Waals surface area contributed by atoms with Gasteiger partial charge in [0.2, 0.25) is 5.88 Å². The Labute approximate surface area is 125 Å². The molecule has 0 unspecified atom stereocenters. The van der Waals surface area contributed by atoms with Gasteiger partial charge in [-0.25, -0.2) is 4.98 Å². The lowest BCUT2D eigenvalue weighted by Gasteiger charge is -2.08. The molecule has 5 heteroatoms. The first kappa shape index (κ1) is 13.1. The SMILES string of the molecule is CCn1cc(Oc2nc3ccccc3cc2CBr)cn1. The van der Waals surface area contributed by atoms with Gasteiger partial charge >= 0.3 is 0 Å². The van der Waals surface area contributed by atoms with E-state index in [2.05, 4.69) is 32.1 Å². The molecule has 20 heavy (non-hydrogen) atoms. The second-order valence-electron chi connectivity index (χ2n) is 4.41. The number of para-hydroxylation sites is 1. The molecule has 0 aliphatic carbocycles. The average Bonchev–Trinajstić information content (AvgIpc) is 2.94. The lowest BCUT2D eigenvalue weighted by molar-refractivity contribution is 0.459. The summed E-state index contributed by atoms with van der Waals surface area (Å²) in [4.78, 5) is 4.59.